The highest BCUT2D eigenvalue weighted by Crippen LogP contribution is 2.38. The zero-order valence-electron chi connectivity index (χ0n) is 11.2. The number of hydrogen-bond acceptors (Lipinski definition) is 2. The lowest BCUT2D eigenvalue weighted by molar-refractivity contribution is -0.138. The summed E-state index contributed by atoms with van der Waals surface area (Å²) in [7, 11) is 0. The first-order chi connectivity index (χ1) is 9.68. The van der Waals surface area contributed by atoms with Crippen molar-refractivity contribution in [2.75, 3.05) is 11.4 Å². The van der Waals surface area contributed by atoms with Crippen LogP contribution in [0.15, 0.2) is 36.4 Å². The zero-order valence-corrected chi connectivity index (χ0v) is 11.2. The SMILES string of the molecule is O=C(O)[C@H]1CN(C(=O)[C@H]2CC=CCC2)c2ccccc21. The van der Waals surface area contributed by atoms with Crippen molar-refractivity contribution in [1.29, 1.82) is 0 Å². The molecule has 2 aliphatic rings. The summed E-state index contributed by atoms with van der Waals surface area (Å²) >= 11 is 0. The molecule has 0 radical (unpaired) electrons. The average Bonchev–Trinajstić information content (AvgIpc) is 2.87. The molecular weight excluding hydrogens is 254 g/mol. The van der Waals surface area contributed by atoms with Crippen LogP contribution in [0.5, 0.6) is 0 Å². The molecule has 1 aliphatic carbocycles. The Hall–Kier alpha value is -2.10. The van der Waals surface area contributed by atoms with E-state index in [1.165, 1.54) is 0 Å². The van der Waals surface area contributed by atoms with E-state index in [1.54, 1.807) is 4.90 Å². The van der Waals surface area contributed by atoms with Gasteiger partial charge in [0.25, 0.3) is 0 Å². The number of carboxylic acid groups (broad SMARTS) is 1. The number of allylic oxidation sites excluding steroid dienone is 2. The van der Waals surface area contributed by atoms with Crippen molar-refractivity contribution in [1.82, 2.24) is 0 Å². The quantitative estimate of drug-likeness (QED) is 0.841. The summed E-state index contributed by atoms with van der Waals surface area (Å²) in [5.41, 5.74) is 1.51. The number of benzene rings is 1. The Morgan fingerprint density at radius 1 is 1.20 bits per heavy atom. The van der Waals surface area contributed by atoms with E-state index in [9.17, 15) is 14.7 Å². The van der Waals surface area contributed by atoms with E-state index in [0.717, 1.165) is 30.5 Å². The average molecular weight is 271 g/mol. The number of carbonyl (C=O) groups excluding carboxylic acids is 1. The first kappa shape index (κ1) is 12.9. The monoisotopic (exact) mass is 271 g/mol. The number of nitrogens with zero attached hydrogens (tertiary/aromatic N) is 1. The van der Waals surface area contributed by atoms with E-state index in [0.29, 0.717) is 0 Å². The number of anilines is 1. The molecule has 1 N–H and O–H groups in total. The summed E-state index contributed by atoms with van der Waals surface area (Å²) in [5, 5.41) is 9.32. The molecule has 4 heteroatoms. The largest absolute Gasteiger partial charge is 0.481 e. The maximum atomic E-state index is 12.6. The van der Waals surface area contributed by atoms with Gasteiger partial charge in [-0.25, -0.2) is 0 Å². The Morgan fingerprint density at radius 3 is 2.70 bits per heavy atom. The molecule has 1 aromatic rings. The minimum atomic E-state index is -0.865. The molecule has 2 atom stereocenters. The van der Waals surface area contributed by atoms with Gasteiger partial charge in [-0.1, -0.05) is 30.4 Å². The summed E-state index contributed by atoms with van der Waals surface area (Å²) in [6, 6.07) is 7.33. The third-order valence-electron chi connectivity index (χ3n) is 4.15. The minimum Gasteiger partial charge on any atom is -0.481 e. The van der Waals surface area contributed by atoms with Gasteiger partial charge >= 0.3 is 5.97 Å². The van der Waals surface area contributed by atoms with Crippen molar-refractivity contribution in [3.8, 4) is 0 Å². The molecule has 4 nitrogen and oxygen atoms in total. The molecule has 1 aliphatic heterocycles. The lowest BCUT2D eigenvalue weighted by Gasteiger charge is -2.24. The summed E-state index contributed by atoms with van der Waals surface area (Å²) in [6.07, 6.45) is 6.68. The molecular formula is C16H17NO3. The van der Waals surface area contributed by atoms with Gasteiger partial charge in [0.2, 0.25) is 5.91 Å². The molecule has 0 saturated carbocycles. The molecule has 0 saturated heterocycles. The van der Waals surface area contributed by atoms with Crippen LogP contribution in [-0.4, -0.2) is 23.5 Å². The third-order valence-corrected chi connectivity index (χ3v) is 4.15. The first-order valence-electron chi connectivity index (χ1n) is 6.96. The van der Waals surface area contributed by atoms with Crippen LogP contribution < -0.4 is 4.90 Å². The van der Waals surface area contributed by atoms with Crippen LogP contribution in [0.1, 0.15) is 30.7 Å². The van der Waals surface area contributed by atoms with Gasteiger partial charge in [-0.2, -0.15) is 0 Å². The standard InChI is InChI=1S/C16H17NO3/c18-15(11-6-2-1-3-7-11)17-10-13(16(19)20)12-8-4-5-9-14(12)17/h1-2,4-5,8-9,11,13H,3,6-7,10H2,(H,19,20)/t11-,13-/m0/s1. The highest BCUT2D eigenvalue weighted by molar-refractivity contribution is 6.00. The highest BCUT2D eigenvalue weighted by Gasteiger charge is 2.38. The van der Waals surface area contributed by atoms with E-state index < -0.39 is 11.9 Å². The van der Waals surface area contributed by atoms with Gasteiger partial charge in [0.1, 0.15) is 5.92 Å². The van der Waals surface area contributed by atoms with Gasteiger partial charge in [-0.05, 0) is 30.9 Å². The Labute approximate surface area is 117 Å². The van der Waals surface area contributed by atoms with E-state index in [1.807, 2.05) is 30.3 Å². The molecule has 1 aromatic carbocycles. The number of amides is 1. The van der Waals surface area contributed by atoms with Crippen LogP contribution in [0.25, 0.3) is 0 Å². The Morgan fingerprint density at radius 2 is 2.00 bits per heavy atom. The van der Waals surface area contributed by atoms with Crippen molar-refractivity contribution in [2.24, 2.45) is 5.92 Å². The lowest BCUT2D eigenvalue weighted by atomic mass is 9.93. The fraction of sp³-hybridized carbons (Fsp3) is 0.375. The van der Waals surface area contributed by atoms with Gasteiger partial charge in [-0.3, -0.25) is 9.59 Å². The predicted octanol–water partition coefficient (Wildman–Crippen LogP) is 2.56. The Bertz CT molecular complexity index is 579. The van der Waals surface area contributed by atoms with Crippen molar-refractivity contribution in [2.45, 2.75) is 25.2 Å². The van der Waals surface area contributed by atoms with Crippen LogP contribution in [0.4, 0.5) is 5.69 Å². The van der Waals surface area contributed by atoms with Crippen LogP contribution in [0.3, 0.4) is 0 Å². The predicted molar refractivity (Wildman–Crippen MR) is 75.7 cm³/mol. The number of hydrogen-bond donors (Lipinski definition) is 1. The molecule has 1 amide bonds. The number of carbonyl (C=O) groups is 2. The van der Waals surface area contributed by atoms with Crippen LogP contribution in [0, 0.1) is 5.92 Å². The molecule has 0 unspecified atom stereocenters. The topological polar surface area (TPSA) is 57.6 Å². The molecule has 1 heterocycles. The number of para-hydroxylation sites is 1. The minimum absolute atomic E-state index is 0.0133. The number of aliphatic carboxylic acids is 1. The summed E-state index contributed by atoms with van der Waals surface area (Å²) in [6.45, 7) is 0.258. The van der Waals surface area contributed by atoms with Crippen LogP contribution in [0.2, 0.25) is 0 Å². The normalized spacial score (nSPS) is 24.5. The summed E-state index contributed by atoms with van der Waals surface area (Å²) in [4.78, 5) is 25.7. The van der Waals surface area contributed by atoms with E-state index in [2.05, 4.69) is 6.08 Å². The molecule has 0 spiro atoms. The number of rotatable bonds is 2. The lowest BCUT2D eigenvalue weighted by Crippen LogP contribution is -2.36. The van der Waals surface area contributed by atoms with Gasteiger partial charge in [0.05, 0.1) is 0 Å². The first-order valence-corrected chi connectivity index (χ1v) is 6.96. The number of carboxylic acids is 1. The van der Waals surface area contributed by atoms with Gasteiger partial charge < -0.3 is 10.0 Å². The molecule has 0 bridgehead atoms. The molecule has 104 valence electrons. The smallest absolute Gasteiger partial charge is 0.312 e. The van der Waals surface area contributed by atoms with Crippen molar-refractivity contribution >= 4 is 17.6 Å². The van der Waals surface area contributed by atoms with Crippen molar-refractivity contribution in [3.05, 3.63) is 42.0 Å². The fourth-order valence-electron chi connectivity index (χ4n) is 3.07. The third kappa shape index (κ3) is 2.11. The molecule has 20 heavy (non-hydrogen) atoms. The Kier molecular flexibility index (Phi) is 3.30. The highest BCUT2D eigenvalue weighted by atomic mass is 16.4. The van der Waals surface area contributed by atoms with E-state index in [4.69, 9.17) is 0 Å². The van der Waals surface area contributed by atoms with Crippen molar-refractivity contribution in [3.63, 3.8) is 0 Å². The number of fused-ring (bicyclic) bond motifs is 1. The maximum absolute atomic E-state index is 12.6. The van der Waals surface area contributed by atoms with Crippen LogP contribution >= 0.6 is 0 Å². The van der Waals surface area contributed by atoms with Gasteiger partial charge in [0, 0.05) is 18.2 Å². The van der Waals surface area contributed by atoms with E-state index in [-0.39, 0.29) is 18.4 Å². The second-order valence-corrected chi connectivity index (χ2v) is 5.38. The van der Waals surface area contributed by atoms with Crippen LogP contribution in [-0.2, 0) is 9.59 Å². The second kappa shape index (κ2) is 5.12. The second-order valence-electron chi connectivity index (χ2n) is 5.38. The fourth-order valence-corrected chi connectivity index (χ4v) is 3.07. The van der Waals surface area contributed by atoms with Gasteiger partial charge in [0.15, 0.2) is 0 Å². The Balaban J connectivity index is 1.90. The molecule has 0 aromatic heterocycles. The maximum Gasteiger partial charge on any atom is 0.312 e. The summed E-state index contributed by atoms with van der Waals surface area (Å²) < 4.78 is 0. The molecule has 0 fully saturated rings. The summed E-state index contributed by atoms with van der Waals surface area (Å²) in [5.74, 6) is -1.42. The zero-order chi connectivity index (χ0) is 14.1. The van der Waals surface area contributed by atoms with E-state index >= 15 is 0 Å². The molecule has 3 rings (SSSR count). The van der Waals surface area contributed by atoms with Gasteiger partial charge in [-0.15, -0.1) is 0 Å². The van der Waals surface area contributed by atoms with Crippen molar-refractivity contribution < 1.29 is 14.7 Å².